The number of benzene rings is 1. The first-order valence-electron chi connectivity index (χ1n) is 10.9. The molecule has 0 bridgehead atoms. The van der Waals surface area contributed by atoms with E-state index in [-0.39, 0.29) is 12.8 Å². The molecule has 0 saturated carbocycles. The summed E-state index contributed by atoms with van der Waals surface area (Å²) in [4.78, 5) is 49.2. The number of hydrogen-bond acceptors (Lipinski definition) is 7. The summed E-state index contributed by atoms with van der Waals surface area (Å²) >= 11 is 0. The second-order valence-corrected chi connectivity index (χ2v) is 7.95. The van der Waals surface area contributed by atoms with Crippen molar-refractivity contribution in [2.45, 2.75) is 69.8 Å². The highest BCUT2D eigenvalue weighted by atomic mass is 16.4. The van der Waals surface area contributed by atoms with Gasteiger partial charge in [0, 0.05) is 6.42 Å². The molecule has 0 fully saturated rings. The lowest BCUT2D eigenvalue weighted by molar-refractivity contribution is -0.143. The third kappa shape index (κ3) is 9.98. The van der Waals surface area contributed by atoms with Crippen LogP contribution < -0.4 is 27.4 Å². The Balaban J connectivity index is 2.92. The summed E-state index contributed by atoms with van der Waals surface area (Å²) in [7, 11) is 0. The zero-order chi connectivity index (χ0) is 25.0. The standard InChI is InChI=1S/C22H35N5O6/c1-13(24)19(29)25-16(10-6-7-11-23)20(30)27-18(14(2)28)21(31)26-17(22(32)33)12-15-8-4-3-5-9-15/h3-5,8-9,13-14,16-18,28H,6-7,10-12,23-24H2,1-2H3,(H,25,29)(H,26,31)(H,27,30)(H,32,33). The summed E-state index contributed by atoms with van der Waals surface area (Å²) in [6.45, 7) is 3.17. The molecule has 0 aliphatic heterocycles. The lowest BCUT2D eigenvalue weighted by atomic mass is 10.0. The molecule has 9 N–H and O–H groups in total. The van der Waals surface area contributed by atoms with Gasteiger partial charge in [-0.05, 0) is 45.2 Å². The highest BCUT2D eigenvalue weighted by Gasteiger charge is 2.32. The number of aliphatic hydroxyl groups excluding tert-OH is 1. The average Bonchev–Trinajstić information content (AvgIpc) is 2.76. The van der Waals surface area contributed by atoms with Crippen LogP contribution in [0.1, 0.15) is 38.7 Å². The van der Waals surface area contributed by atoms with Crippen LogP contribution in [0, 0.1) is 0 Å². The number of nitrogens with one attached hydrogen (secondary N) is 3. The largest absolute Gasteiger partial charge is 0.480 e. The predicted molar refractivity (Wildman–Crippen MR) is 122 cm³/mol. The fourth-order valence-corrected chi connectivity index (χ4v) is 3.04. The number of hydrogen-bond donors (Lipinski definition) is 7. The lowest BCUT2D eigenvalue weighted by Crippen LogP contribution is -2.59. The third-order valence-electron chi connectivity index (χ3n) is 4.95. The first-order chi connectivity index (χ1) is 15.6. The molecule has 33 heavy (non-hydrogen) atoms. The highest BCUT2D eigenvalue weighted by Crippen LogP contribution is 2.06. The normalized spacial score (nSPS) is 15.4. The Morgan fingerprint density at radius 3 is 2.03 bits per heavy atom. The quantitative estimate of drug-likeness (QED) is 0.163. The summed E-state index contributed by atoms with van der Waals surface area (Å²) in [6, 6.07) is 4.18. The number of amides is 3. The number of aliphatic carboxylic acids is 1. The number of carbonyl (C=O) groups is 4. The SMILES string of the molecule is CC(N)C(=O)NC(CCCCN)C(=O)NC(C(=O)NC(Cc1ccccc1)C(=O)O)C(C)O. The van der Waals surface area contributed by atoms with E-state index in [0.29, 0.717) is 24.9 Å². The van der Waals surface area contributed by atoms with Crippen LogP contribution in [0.3, 0.4) is 0 Å². The molecular weight excluding hydrogens is 430 g/mol. The summed E-state index contributed by atoms with van der Waals surface area (Å²) in [5.41, 5.74) is 11.7. The molecule has 0 saturated heterocycles. The van der Waals surface area contributed by atoms with Gasteiger partial charge in [-0.3, -0.25) is 14.4 Å². The fraction of sp³-hybridized carbons (Fsp3) is 0.545. The number of unbranched alkanes of at least 4 members (excludes halogenated alkanes) is 1. The Morgan fingerprint density at radius 1 is 0.909 bits per heavy atom. The number of nitrogens with two attached hydrogens (primary N) is 2. The van der Waals surface area contributed by atoms with Crippen molar-refractivity contribution in [2.24, 2.45) is 11.5 Å². The molecule has 0 spiro atoms. The van der Waals surface area contributed by atoms with Crippen molar-refractivity contribution in [1.29, 1.82) is 0 Å². The Labute approximate surface area is 193 Å². The van der Waals surface area contributed by atoms with E-state index in [0.717, 1.165) is 0 Å². The molecule has 0 aromatic heterocycles. The maximum Gasteiger partial charge on any atom is 0.326 e. The van der Waals surface area contributed by atoms with E-state index >= 15 is 0 Å². The lowest BCUT2D eigenvalue weighted by Gasteiger charge is -2.26. The van der Waals surface area contributed by atoms with E-state index in [9.17, 15) is 29.4 Å². The smallest absolute Gasteiger partial charge is 0.326 e. The van der Waals surface area contributed by atoms with Gasteiger partial charge in [-0.25, -0.2) is 4.79 Å². The first kappa shape index (κ1) is 28.0. The van der Waals surface area contributed by atoms with E-state index in [1.807, 2.05) is 0 Å². The van der Waals surface area contributed by atoms with Crippen molar-refractivity contribution in [2.75, 3.05) is 6.54 Å². The van der Waals surface area contributed by atoms with Gasteiger partial charge < -0.3 is 37.6 Å². The van der Waals surface area contributed by atoms with Crippen LogP contribution >= 0.6 is 0 Å². The van der Waals surface area contributed by atoms with Crippen LogP contribution in [-0.4, -0.2) is 70.7 Å². The Morgan fingerprint density at radius 2 is 1.52 bits per heavy atom. The molecule has 1 rings (SSSR count). The highest BCUT2D eigenvalue weighted by molar-refractivity contribution is 5.94. The zero-order valence-corrected chi connectivity index (χ0v) is 19.0. The summed E-state index contributed by atoms with van der Waals surface area (Å²) < 4.78 is 0. The van der Waals surface area contributed by atoms with Crippen molar-refractivity contribution in [3.05, 3.63) is 35.9 Å². The van der Waals surface area contributed by atoms with Gasteiger partial charge in [-0.15, -0.1) is 0 Å². The van der Waals surface area contributed by atoms with Crippen LogP contribution in [0.15, 0.2) is 30.3 Å². The van der Waals surface area contributed by atoms with E-state index in [1.165, 1.54) is 13.8 Å². The number of aliphatic hydroxyl groups is 1. The topological polar surface area (TPSA) is 197 Å². The van der Waals surface area contributed by atoms with E-state index in [4.69, 9.17) is 11.5 Å². The summed E-state index contributed by atoms with van der Waals surface area (Å²) in [5.74, 6) is -3.36. The van der Waals surface area contributed by atoms with E-state index in [2.05, 4.69) is 16.0 Å². The van der Waals surface area contributed by atoms with Crippen molar-refractivity contribution in [1.82, 2.24) is 16.0 Å². The van der Waals surface area contributed by atoms with Crippen molar-refractivity contribution < 1.29 is 29.4 Å². The molecular formula is C22H35N5O6. The molecule has 1 aromatic rings. The maximum absolute atomic E-state index is 12.8. The molecule has 3 amide bonds. The van der Waals surface area contributed by atoms with Crippen molar-refractivity contribution in [3.63, 3.8) is 0 Å². The molecule has 1 aromatic carbocycles. The molecule has 5 unspecified atom stereocenters. The molecule has 184 valence electrons. The average molecular weight is 466 g/mol. The number of rotatable bonds is 14. The van der Waals surface area contributed by atoms with E-state index in [1.54, 1.807) is 30.3 Å². The minimum atomic E-state index is -1.43. The fourth-order valence-electron chi connectivity index (χ4n) is 3.04. The molecule has 0 heterocycles. The second kappa shape index (κ2) is 14.2. The molecule has 5 atom stereocenters. The molecule has 0 aliphatic carbocycles. The Bertz CT molecular complexity index is 787. The third-order valence-corrected chi connectivity index (χ3v) is 4.95. The minimum Gasteiger partial charge on any atom is -0.480 e. The molecule has 0 aliphatic rings. The van der Waals surface area contributed by atoms with Crippen LogP contribution in [0.4, 0.5) is 0 Å². The van der Waals surface area contributed by atoms with Gasteiger partial charge in [0.15, 0.2) is 0 Å². The van der Waals surface area contributed by atoms with Gasteiger partial charge in [-0.2, -0.15) is 0 Å². The van der Waals surface area contributed by atoms with Crippen molar-refractivity contribution in [3.8, 4) is 0 Å². The Kier molecular flexibility index (Phi) is 12.0. The zero-order valence-electron chi connectivity index (χ0n) is 19.0. The number of carboxylic acid groups (broad SMARTS) is 1. The van der Waals surface area contributed by atoms with Gasteiger partial charge in [0.05, 0.1) is 12.1 Å². The van der Waals surface area contributed by atoms with Gasteiger partial charge in [0.1, 0.15) is 18.1 Å². The summed E-state index contributed by atoms with van der Waals surface area (Å²) in [5, 5.41) is 26.9. The first-order valence-corrected chi connectivity index (χ1v) is 10.9. The Hall–Kier alpha value is -3.02. The van der Waals surface area contributed by atoms with Crippen LogP contribution in [-0.2, 0) is 25.6 Å². The predicted octanol–water partition coefficient (Wildman–Crippen LogP) is -1.37. The molecule has 0 radical (unpaired) electrons. The minimum absolute atomic E-state index is 0.0224. The van der Waals surface area contributed by atoms with Crippen LogP contribution in [0.25, 0.3) is 0 Å². The molecule has 11 nitrogen and oxygen atoms in total. The van der Waals surface area contributed by atoms with Gasteiger partial charge in [0.25, 0.3) is 0 Å². The monoisotopic (exact) mass is 465 g/mol. The van der Waals surface area contributed by atoms with E-state index < -0.39 is 54.0 Å². The van der Waals surface area contributed by atoms with Crippen molar-refractivity contribution >= 4 is 23.7 Å². The van der Waals surface area contributed by atoms with Crippen LogP contribution in [0.2, 0.25) is 0 Å². The van der Waals surface area contributed by atoms with Gasteiger partial charge in [-0.1, -0.05) is 30.3 Å². The number of carbonyl (C=O) groups excluding carboxylic acids is 3. The second-order valence-electron chi connectivity index (χ2n) is 7.95. The molecule has 11 heteroatoms. The number of carboxylic acids is 1. The van der Waals surface area contributed by atoms with Gasteiger partial charge in [0.2, 0.25) is 17.7 Å². The van der Waals surface area contributed by atoms with Crippen LogP contribution in [0.5, 0.6) is 0 Å². The van der Waals surface area contributed by atoms with Gasteiger partial charge >= 0.3 is 5.97 Å². The summed E-state index contributed by atoms with van der Waals surface area (Å²) in [6.07, 6.45) is 0.111. The maximum atomic E-state index is 12.8.